The first kappa shape index (κ1) is 24.2. The molecule has 2 aliphatic rings. The van der Waals surface area contributed by atoms with Crippen LogP contribution in [-0.2, 0) is 27.8 Å². The van der Waals surface area contributed by atoms with E-state index in [-0.39, 0.29) is 34.0 Å². The van der Waals surface area contributed by atoms with Gasteiger partial charge in [0.25, 0.3) is 5.91 Å². The molecular formula is C24H30ClN3O4S. The SMILES string of the molecule is O=C(NCc1ccccc1CN1CCCC1)c1ccc(Cl)c(S(=O)(=O)NCC2CCCO2)c1. The van der Waals surface area contributed by atoms with Gasteiger partial charge in [0.1, 0.15) is 4.90 Å². The third-order valence-corrected chi connectivity index (χ3v) is 8.06. The molecule has 2 N–H and O–H groups in total. The molecule has 1 unspecified atom stereocenters. The van der Waals surface area contributed by atoms with Gasteiger partial charge in [-0.1, -0.05) is 35.9 Å². The lowest BCUT2D eigenvalue weighted by Gasteiger charge is -2.18. The molecule has 2 heterocycles. The van der Waals surface area contributed by atoms with E-state index in [2.05, 4.69) is 21.0 Å². The maximum atomic E-state index is 12.8. The first-order valence-corrected chi connectivity index (χ1v) is 13.3. The number of carbonyl (C=O) groups excluding carboxylic acids is 1. The molecule has 0 radical (unpaired) electrons. The van der Waals surface area contributed by atoms with E-state index in [4.69, 9.17) is 16.3 Å². The Morgan fingerprint density at radius 2 is 1.85 bits per heavy atom. The fourth-order valence-electron chi connectivity index (χ4n) is 4.28. The maximum absolute atomic E-state index is 12.8. The van der Waals surface area contributed by atoms with E-state index in [1.165, 1.54) is 36.6 Å². The second-order valence-electron chi connectivity index (χ2n) is 8.57. The number of benzene rings is 2. The molecule has 178 valence electrons. The van der Waals surface area contributed by atoms with Gasteiger partial charge in [-0.05, 0) is 68.1 Å². The summed E-state index contributed by atoms with van der Waals surface area (Å²) in [6, 6.07) is 12.4. The molecular weight excluding hydrogens is 462 g/mol. The number of rotatable bonds is 9. The van der Waals surface area contributed by atoms with Gasteiger partial charge < -0.3 is 10.1 Å². The molecule has 0 aliphatic carbocycles. The van der Waals surface area contributed by atoms with Crippen molar-refractivity contribution in [3.05, 3.63) is 64.2 Å². The summed E-state index contributed by atoms with van der Waals surface area (Å²) in [7, 11) is -3.87. The van der Waals surface area contributed by atoms with Crippen LogP contribution in [0, 0.1) is 0 Å². The number of hydrogen-bond donors (Lipinski definition) is 2. The van der Waals surface area contributed by atoms with Gasteiger partial charge in [0.15, 0.2) is 0 Å². The molecule has 4 rings (SSSR count). The maximum Gasteiger partial charge on any atom is 0.251 e. The predicted molar refractivity (Wildman–Crippen MR) is 128 cm³/mol. The average molecular weight is 492 g/mol. The molecule has 2 aromatic carbocycles. The van der Waals surface area contributed by atoms with Crippen molar-refractivity contribution in [1.82, 2.24) is 14.9 Å². The second kappa shape index (κ2) is 11.0. The Kier molecular flexibility index (Phi) is 8.03. The smallest absolute Gasteiger partial charge is 0.251 e. The van der Waals surface area contributed by atoms with Gasteiger partial charge in [0.05, 0.1) is 11.1 Å². The van der Waals surface area contributed by atoms with Crippen molar-refractivity contribution in [1.29, 1.82) is 0 Å². The third kappa shape index (κ3) is 6.33. The minimum atomic E-state index is -3.87. The van der Waals surface area contributed by atoms with Crippen LogP contribution in [0.4, 0.5) is 0 Å². The number of carbonyl (C=O) groups is 1. The normalized spacial score (nSPS) is 19.1. The van der Waals surface area contributed by atoms with E-state index in [1.54, 1.807) is 0 Å². The lowest BCUT2D eigenvalue weighted by atomic mass is 10.1. The Bertz CT molecular complexity index is 1080. The number of hydrogen-bond acceptors (Lipinski definition) is 5. The Hall–Kier alpha value is -1.97. The zero-order valence-electron chi connectivity index (χ0n) is 18.6. The van der Waals surface area contributed by atoms with Crippen LogP contribution in [0.5, 0.6) is 0 Å². The van der Waals surface area contributed by atoms with Gasteiger partial charge in [-0.25, -0.2) is 13.1 Å². The molecule has 0 bridgehead atoms. The molecule has 2 aliphatic heterocycles. The van der Waals surface area contributed by atoms with Gasteiger partial charge in [-0.2, -0.15) is 0 Å². The van der Waals surface area contributed by atoms with Crippen molar-refractivity contribution in [2.45, 2.75) is 49.8 Å². The first-order valence-electron chi connectivity index (χ1n) is 11.4. The van der Waals surface area contributed by atoms with Crippen molar-refractivity contribution in [3.63, 3.8) is 0 Å². The van der Waals surface area contributed by atoms with E-state index >= 15 is 0 Å². The third-order valence-electron chi connectivity index (χ3n) is 6.16. The van der Waals surface area contributed by atoms with E-state index in [9.17, 15) is 13.2 Å². The van der Waals surface area contributed by atoms with E-state index < -0.39 is 10.0 Å². The van der Waals surface area contributed by atoms with Gasteiger partial charge in [-0.3, -0.25) is 9.69 Å². The number of sulfonamides is 1. The van der Waals surface area contributed by atoms with Crippen LogP contribution in [-0.4, -0.2) is 51.6 Å². The largest absolute Gasteiger partial charge is 0.377 e. The highest BCUT2D eigenvalue weighted by Crippen LogP contribution is 2.23. The van der Waals surface area contributed by atoms with Crippen LogP contribution in [0.1, 0.15) is 47.2 Å². The molecule has 1 amide bonds. The summed E-state index contributed by atoms with van der Waals surface area (Å²) in [6.45, 7) is 4.26. The average Bonchev–Trinajstić information content (AvgIpc) is 3.51. The zero-order chi connectivity index (χ0) is 23.3. The highest BCUT2D eigenvalue weighted by molar-refractivity contribution is 7.89. The Balaban J connectivity index is 1.42. The monoisotopic (exact) mass is 491 g/mol. The highest BCUT2D eigenvalue weighted by Gasteiger charge is 2.23. The molecule has 7 nitrogen and oxygen atoms in total. The molecule has 0 saturated carbocycles. The van der Waals surface area contributed by atoms with Gasteiger partial charge in [0.2, 0.25) is 10.0 Å². The summed E-state index contributed by atoms with van der Waals surface area (Å²) in [6.07, 6.45) is 4.06. The lowest BCUT2D eigenvalue weighted by Crippen LogP contribution is -2.32. The number of nitrogens with zero attached hydrogens (tertiary/aromatic N) is 1. The van der Waals surface area contributed by atoms with Crippen molar-refractivity contribution in [2.24, 2.45) is 0 Å². The molecule has 2 saturated heterocycles. The van der Waals surface area contributed by atoms with Gasteiger partial charge in [0, 0.05) is 31.8 Å². The van der Waals surface area contributed by atoms with Crippen LogP contribution >= 0.6 is 11.6 Å². The van der Waals surface area contributed by atoms with Crippen molar-refractivity contribution in [3.8, 4) is 0 Å². The number of nitrogens with one attached hydrogen (secondary N) is 2. The summed E-state index contributed by atoms with van der Waals surface area (Å²) in [4.78, 5) is 15.1. The van der Waals surface area contributed by atoms with Gasteiger partial charge >= 0.3 is 0 Å². The highest BCUT2D eigenvalue weighted by atomic mass is 35.5. The van der Waals surface area contributed by atoms with Crippen LogP contribution in [0.25, 0.3) is 0 Å². The summed E-state index contributed by atoms with van der Waals surface area (Å²) < 4.78 is 33.6. The fourth-order valence-corrected chi connectivity index (χ4v) is 5.87. The second-order valence-corrected chi connectivity index (χ2v) is 10.7. The van der Waals surface area contributed by atoms with Crippen LogP contribution in [0.3, 0.4) is 0 Å². The molecule has 1 atom stereocenters. The van der Waals surface area contributed by atoms with Crippen LogP contribution in [0.2, 0.25) is 5.02 Å². The minimum absolute atomic E-state index is 0.0716. The van der Waals surface area contributed by atoms with Crippen molar-refractivity contribution >= 4 is 27.5 Å². The summed E-state index contributed by atoms with van der Waals surface area (Å²) in [5.41, 5.74) is 2.49. The lowest BCUT2D eigenvalue weighted by molar-refractivity contribution is 0.0950. The van der Waals surface area contributed by atoms with Crippen LogP contribution in [0.15, 0.2) is 47.4 Å². The molecule has 2 fully saturated rings. The minimum Gasteiger partial charge on any atom is -0.377 e. The Morgan fingerprint density at radius 3 is 2.58 bits per heavy atom. The molecule has 0 spiro atoms. The summed E-state index contributed by atoms with van der Waals surface area (Å²) in [5, 5.41) is 2.99. The standard InChI is InChI=1S/C24H30ClN3O4S/c25-22-10-9-18(14-23(22)33(30,31)27-16-21-8-5-13-32-21)24(29)26-15-19-6-1-2-7-20(19)17-28-11-3-4-12-28/h1-2,6-7,9-10,14,21,27H,3-5,8,11-13,15-17H2,(H,26,29). The molecule has 9 heteroatoms. The topological polar surface area (TPSA) is 87.7 Å². The molecule has 33 heavy (non-hydrogen) atoms. The number of halogens is 1. The molecule has 0 aromatic heterocycles. The van der Waals surface area contributed by atoms with E-state index in [0.29, 0.717) is 13.2 Å². The Morgan fingerprint density at radius 1 is 1.09 bits per heavy atom. The van der Waals surface area contributed by atoms with Crippen molar-refractivity contribution in [2.75, 3.05) is 26.2 Å². The predicted octanol–water partition coefficient (Wildman–Crippen LogP) is 3.32. The Labute approximate surface area is 200 Å². The number of likely N-dealkylation sites (tertiary alicyclic amines) is 1. The van der Waals surface area contributed by atoms with E-state index in [0.717, 1.165) is 38.0 Å². The summed E-state index contributed by atoms with van der Waals surface area (Å²) in [5.74, 6) is -0.349. The fraction of sp³-hybridized carbons (Fsp3) is 0.458. The van der Waals surface area contributed by atoms with Crippen LogP contribution < -0.4 is 10.0 Å². The zero-order valence-corrected chi connectivity index (χ0v) is 20.1. The summed E-state index contributed by atoms with van der Waals surface area (Å²) >= 11 is 6.17. The number of ether oxygens (including phenoxy) is 1. The van der Waals surface area contributed by atoms with Gasteiger partial charge in [-0.15, -0.1) is 0 Å². The quantitative estimate of drug-likeness (QED) is 0.562. The van der Waals surface area contributed by atoms with E-state index in [1.807, 2.05) is 18.2 Å². The molecule has 2 aromatic rings. The number of amides is 1. The first-order chi connectivity index (χ1) is 15.9. The van der Waals surface area contributed by atoms with Crippen molar-refractivity contribution < 1.29 is 17.9 Å².